The molecule has 2 unspecified atom stereocenters. The van der Waals surface area contributed by atoms with Crippen molar-refractivity contribution in [2.45, 2.75) is 38.5 Å². The Kier molecular flexibility index (Phi) is 4.93. The lowest BCUT2D eigenvalue weighted by molar-refractivity contribution is -0.143. The second kappa shape index (κ2) is 7.10. The topological polar surface area (TPSA) is 67.9 Å². The first-order valence-electron chi connectivity index (χ1n) is 8.02. The van der Waals surface area contributed by atoms with E-state index in [9.17, 15) is 9.59 Å². The number of rotatable bonds is 4. The molecule has 6 nitrogen and oxygen atoms in total. The van der Waals surface area contributed by atoms with Gasteiger partial charge in [0.25, 0.3) is 0 Å². The molecule has 6 heteroatoms. The summed E-state index contributed by atoms with van der Waals surface area (Å²) in [6.07, 6.45) is 2.11. The SMILES string of the molecule is CC1C(=O)Nc2ccccc2CN1C(=O)COCC1CCCO1. The summed E-state index contributed by atoms with van der Waals surface area (Å²) in [5, 5.41) is 2.86. The smallest absolute Gasteiger partial charge is 0.249 e. The summed E-state index contributed by atoms with van der Waals surface area (Å²) >= 11 is 0. The summed E-state index contributed by atoms with van der Waals surface area (Å²) in [7, 11) is 0. The highest BCUT2D eigenvalue weighted by Crippen LogP contribution is 2.23. The fraction of sp³-hybridized carbons (Fsp3) is 0.529. The van der Waals surface area contributed by atoms with Crippen LogP contribution in [0.4, 0.5) is 5.69 Å². The minimum absolute atomic E-state index is 0.0281. The molecular weight excluding hydrogens is 296 g/mol. The lowest BCUT2D eigenvalue weighted by Gasteiger charge is -2.26. The molecular formula is C17H22N2O4. The predicted octanol–water partition coefficient (Wildman–Crippen LogP) is 1.55. The maximum absolute atomic E-state index is 12.5. The number of para-hydroxylation sites is 1. The van der Waals surface area contributed by atoms with Gasteiger partial charge in [0.05, 0.1) is 12.7 Å². The largest absolute Gasteiger partial charge is 0.376 e. The molecule has 1 aromatic rings. The second-order valence-corrected chi connectivity index (χ2v) is 5.99. The van der Waals surface area contributed by atoms with Gasteiger partial charge in [0.15, 0.2) is 0 Å². The van der Waals surface area contributed by atoms with Crippen molar-refractivity contribution in [3.63, 3.8) is 0 Å². The lowest BCUT2D eigenvalue weighted by Crippen LogP contribution is -2.45. The Morgan fingerprint density at radius 1 is 1.43 bits per heavy atom. The Balaban J connectivity index is 1.62. The van der Waals surface area contributed by atoms with Gasteiger partial charge in [0, 0.05) is 18.8 Å². The van der Waals surface area contributed by atoms with Crippen LogP contribution in [0.3, 0.4) is 0 Å². The lowest BCUT2D eigenvalue weighted by atomic mass is 10.1. The molecule has 0 saturated carbocycles. The highest BCUT2D eigenvalue weighted by atomic mass is 16.5. The Morgan fingerprint density at radius 2 is 2.26 bits per heavy atom. The van der Waals surface area contributed by atoms with E-state index < -0.39 is 6.04 Å². The molecule has 2 heterocycles. The van der Waals surface area contributed by atoms with Crippen molar-refractivity contribution in [1.29, 1.82) is 0 Å². The summed E-state index contributed by atoms with van der Waals surface area (Å²) in [5.41, 5.74) is 1.69. The highest BCUT2D eigenvalue weighted by molar-refractivity contribution is 5.98. The number of hydrogen-bond donors (Lipinski definition) is 1. The van der Waals surface area contributed by atoms with Gasteiger partial charge in [0.2, 0.25) is 11.8 Å². The fourth-order valence-electron chi connectivity index (χ4n) is 2.92. The second-order valence-electron chi connectivity index (χ2n) is 5.99. The number of carbonyl (C=O) groups is 2. The summed E-state index contributed by atoms with van der Waals surface area (Å²) in [5.74, 6) is -0.357. The quantitative estimate of drug-likeness (QED) is 0.914. The summed E-state index contributed by atoms with van der Waals surface area (Å²) < 4.78 is 11.0. The van der Waals surface area contributed by atoms with Gasteiger partial charge < -0.3 is 19.7 Å². The van der Waals surface area contributed by atoms with Crippen LogP contribution in [0, 0.1) is 0 Å². The van der Waals surface area contributed by atoms with E-state index in [0.717, 1.165) is 30.7 Å². The molecule has 2 atom stereocenters. The van der Waals surface area contributed by atoms with E-state index in [2.05, 4.69) is 5.32 Å². The number of amides is 2. The van der Waals surface area contributed by atoms with E-state index in [1.165, 1.54) is 0 Å². The van der Waals surface area contributed by atoms with Crippen molar-refractivity contribution in [1.82, 2.24) is 4.90 Å². The van der Waals surface area contributed by atoms with E-state index in [4.69, 9.17) is 9.47 Å². The minimum atomic E-state index is -0.527. The van der Waals surface area contributed by atoms with Crippen LogP contribution in [0.1, 0.15) is 25.3 Å². The maximum Gasteiger partial charge on any atom is 0.249 e. The number of benzene rings is 1. The summed E-state index contributed by atoms with van der Waals surface area (Å²) in [6, 6.07) is 7.01. The molecule has 1 N–H and O–H groups in total. The van der Waals surface area contributed by atoms with E-state index >= 15 is 0 Å². The molecule has 1 aromatic carbocycles. The van der Waals surface area contributed by atoms with Gasteiger partial charge in [-0.05, 0) is 31.4 Å². The molecule has 0 aromatic heterocycles. The van der Waals surface area contributed by atoms with Crippen molar-refractivity contribution in [3.05, 3.63) is 29.8 Å². The Morgan fingerprint density at radius 3 is 3.04 bits per heavy atom. The van der Waals surface area contributed by atoms with Crippen LogP contribution in [0.5, 0.6) is 0 Å². The third kappa shape index (κ3) is 3.71. The normalized spacial score (nSPS) is 24.0. The Bertz CT molecular complexity index is 584. The van der Waals surface area contributed by atoms with Gasteiger partial charge in [-0.1, -0.05) is 18.2 Å². The number of nitrogens with zero attached hydrogens (tertiary/aromatic N) is 1. The average Bonchev–Trinajstić information content (AvgIpc) is 3.02. The van der Waals surface area contributed by atoms with Crippen molar-refractivity contribution in [2.24, 2.45) is 0 Å². The Hall–Kier alpha value is -1.92. The first-order valence-corrected chi connectivity index (χ1v) is 8.02. The molecule has 2 amide bonds. The molecule has 0 bridgehead atoms. The van der Waals surface area contributed by atoms with Gasteiger partial charge >= 0.3 is 0 Å². The molecule has 23 heavy (non-hydrogen) atoms. The molecule has 1 fully saturated rings. The molecule has 2 aliphatic rings. The van der Waals surface area contributed by atoms with Gasteiger partial charge in [-0.2, -0.15) is 0 Å². The standard InChI is InChI=1S/C17H22N2O4/c1-12-17(21)18-15-7-3-2-5-13(15)9-19(12)16(20)11-22-10-14-6-4-8-23-14/h2-3,5,7,12,14H,4,6,8-11H2,1H3,(H,18,21). The third-order valence-corrected chi connectivity index (χ3v) is 4.34. The molecule has 0 aliphatic carbocycles. The fourth-order valence-corrected chi connectivity index (χ4v) is 2.92. The first kappa shape index (κ1) is 16.0. The van der Waals surface area contributed by atoms with Crippen LogP contribution in [-0.4, -0.2) is 48.7 Å². The highest BCUT2D eigenvalue weighted by Gasteiger charge is 2.30. The average molecular weight is 318 g/mol. The van der Waals surface area contributed by atoms with Crippen molar-refractivity contribution in [3.8, 4) is 0 Å². The Labute approximate surface area is 135 Å². The van der Waals surface area contributed by atoms with Gasteiger partial charge in [0.1, 0.15) is 12.6 Å². The van der Waals surface area contributed by atoms with Gasteiger partial charge in [-0.15, -0.1) is 0 Å². The molecule has 124 valence electrons. The predicted molar refractivity (Wildman–Crippen MR) is 84.9 cm³/mol. The minimum Gasteiger partial charge on any atom is -0.376 e. The summed E-state index contributed by atoms with van der Waals surface area (Å²) in [4.78, 5) is 26.2. The van der Waals surface area contributed by atoms with Crippen molar-refractivity contribution in [2.75, 3.05) is 25.1 Å². The number of fused-ring (bicyclic) bond motifs is 1. The van der Waals surface area contributed by atoms with Crippen LogP contribution in [0.2, 0.25) is 0 Å². The van der Waals surface area contributed by atoms with E-state index in [0.29, 0.717) is 13.2 Å². The zero-order valence-corrected chi connectivity index (χ0v) is 13.3. The van der Waals surface area contributed by atoms with E-state index in [1.54, 1.807) is 11.8 Å². The zero-order chi connectivity index (χ0) is 16.2. The molecule has 0 radical (unpaired) electrons. The number of nitrogens with one attached hydrogen (secondary N) is 1. The van der Waals surface area contributed by atoms with E-state index in [1.807, 2.05) is 24.3 Å². The molecule has 3 rings (SSSR count). The van der Waals surface area contributed by atoms with Crippen LogP contribution in [-0.2, 0) is 25.6 Å². The molecule has 0 spiro atoms. The number of ether oxygens (including phenoxy) is 2. The van der Waals surface area contributed by atoms with Crippen molar-refractivity contribution >= 4 is 17.5 Å². The monoisotopic (exact) mass is 318 g/mol. The first-order chi connectivity index (χ1) is 11.1. The van der Waals surface area contributed by atoms with Crippen LogP contribution in [0.15, 0.2) is 24.3 Å². The van der Waals surface area contributed by atoms with Crippen LogP contribution in [0.25, 0.3) is 0 Å². The zero-order valence-electron chi connectivity index (χ0n) is 13.3. The molecule has 1 saturated heterocycles. The van der Waals surface area contributed by atoms with Gasteiger partial charge in [-0.25, -0.2) is 0 Å². The number of hydrogen-bond acceptors (Lipinski definition) is 4. The summed E-state index contributed by atoms with van der Waals surface area (Å²) in [6.45, 7) is 3.30. The third-order valence-electron chi connectivity index (χ3n) is 4.34. The maximum atomic E-state index is 12.5. The van der Waals surface area contributed by atoms with Crippen LogP contribution >= 0.6 is 0 Å². The molecule has 2 aliphatic heterocycles. The van der Waals surface area contributed by atoms with Crippen molar-refractivity contribution < 1.29 is 19.1 Å². The number of anilines is 1. The van der Waals surface area contributed by atoms with Crippen LogP contribution < -0.4 is 5.32 Å². The van der Waals surface area contributed by atoms with Gasteiger partial charge in [-0.3, -0.25) is 9.59 Å². The number of carbonyl (C=O) groups excluding carboxylic acids is 2. The van der Waals surface area contributed by atoms with E-state index in [-0.39, 0.29) is 24.5 Å².